The Hall–Kier alpha value is -0.760. The van der Waals surface area contributed by atoms with Crippen molar-refractivity contribution in [3.8, 4) is 5.75 Å². The van der Waals surface area contributed by atoms with Crippen molar-refractivity contribution in [3.05, 3.63) is 28.1 Å². The van der Waals surface area contributed by atoms with E-state index < -0.39 is 0 Å². The van der Waals surface area contributed by atoms with Gasteiger partial charge in [-0.05, 0) is 0 Å². The molecule has 0 bridgehead atoms. The normalized spacial score (nSPS) is 11.5. The number of aromatic nitrogens is 2. The zero-order valence-electron chi connectivity index (χ0n) is 7.28. The van der Waals surface area contributed by atoms with Crippen molar-refractivity contribution in [1.82, 2.24) is 9.97 Å². The van der Waals surface area contributed by atoms with Crippen molar-refractivity contribution in [1.29, 1.82) is 0 Å². The molecule has 1 aromatic rings. The van der Waals surface area contributed by atoms with E-state index in [1.165, 1.54) is 12.4 Å². The Bertz CT molecular complexity index is 315. The van der Waals surface area contributed by atoms with Crippen molar-refractivity contribution in [2.75, 3.05) is 13.2 Å². The minimum absolute atomic E-state index is 0.122. The SMILES string of the molecule is NC/C(=C\F)COc1cnc(I)nc1. The second-order valence-corrected chi connectivity index (χ2v) is 3.41. The molecule has 0 atom stereocenters. The van der Waals surface area contributed by atoms with Crippen molar-refractivity contribution < 1.29 is 9.13 Å². The van der Waals surface area contributed by atoms with Gasteiger partial charge in [-0.1, -0.05) is 0 Å². The Morgan fingerprint density at radius 1 is 1.57 bits per heavy atom. The molecule has 0 aliphatic rings. The molecule has 0 saturated carbocycles. The second-order valence-electron chi connectivity index (χ2n) is 2.45. The van der Waals surface area contributed by atoms with E-state index in [2.05, 4.69) is 9.97 Å². The van der Waals surface area contributed by atoms with Gasteiger partial charge >= 0.3 is 0 Å². The van der Waals surface area contributed by atoms with Gasteiger partial charge in [0.05, 0.1) is 18.7 Å². The van der Waals surface area contributed by atoms with Gasteiger partial charge in [0.25, 0.3) is 0 Å². The molecule has 0 aliphatic carbocycles. The van der Waals surface area contributed by atoms with Gasteiger partial charge in [0, 0.05) is 34.7 Å². The number of ether oxygens (including phenoxy) is 1. The lowest BCUT2D eigenvalue weighted by Gasteiger charge is -2.05. The Labute approximate surface area is 94.5 Å². The zero-order valence-corrected chi connectivity index (χ0v) is 9.44. The third-order valence-electron chi connectivity index (χ3n) is 1.44. The molecule has 0 saturated heterocycles. The summed E-state index contributed by atoms with van der Waals surface area (Å²) in [6.07, 6.45) is 3.51. The van der Waals surface area contributed by atoms with Crippen LogP contribution in [-0.4, -0.2) is 23.1 Å². The van der Waals surface area contributed by atoms with Gasteiger partial charge in [-0.2, -0.15) is 0 Å². The van der Waals surface area contributed by atoms with Crippen LogP contribution in [0, 0.1) is 3.83 Å². The van der Waals surface area contributed by atoms with Gasteiger partial charge in [0.1, 0.15) is 6.61 Å². The van der Waals surface area contributed by atoms with Crippen LogP contribution in [0.5, 0.6) is 5.75 Å². The second kappa shape index (κ2) is 5.86. The molecule has 4 nitrogen and oxygen atoms in total. The highest BCUT2D eigenvalue weighted by atomic mass is 127. The standard InChI is InChI=1S/C8H9FIN3O/c9-1-6(2-11)5-14-7-3-12-8(10)13-4-7/h1,3-4H,2,5,11H2/b6-1+. The maximum atomic E-state index is 12.1. The van der Waals surface area contributed by atoms with Crippen LogP contribution in [0.25, 0.3) is 0 Å². The van der Waals surface area contributed by atoms with E-state index in [9.17, 15) is 4.39 Å². The zero-order chi connectivity index (χ0) is 10.4. The van der Waals surface area contributed by atoms with Crippen molar-refractivity contribution in [2.24, 2.45) is 5.73 Å². The van der Waals surface area contributed by atoms with E-state index in [-0.39, 0.29) is 13.2 Å². The average molecular weight is 309 g/mol. The number of hydrogen-bond donors (Lipinski definition) is 1. The van der Waals surface area contributed by atoms with Gasteiger partial charge in [0.2, 0.25) is 0 Å². The Morgan fingerprint density at radius 3 is 2.71 bits per heavy atom. The molecule has 0 aromatic carbocycles. The first-order valence-corrected chi connectivity index (χ1v) is 4.92. The van der Waals surface area contributed by atoms with E-state index in [4.69, 9.17) is 10.5 Å². The summed E-state index contributed by atoms with van der Waals surface area (Å²) < 4.78 is 17.9. The van der Waals surface area contributed by atoms with Crippen molar-refractivity contribution >= 4 is 22.6 Å². The molecule has 1 aromatic heterocycles. The lowest BCUT2D eigenvalue weighted by Crippen LogP contribution is -2.11. The quantitative estimate of drug-likeness (QED) is 0.672. The van der Waals surface area contributed by atoms with Crippen LogP contribution < -0.4 is 10.5 Å². The largest absolute Gasteiger partial charge is 0.486 e. The summed E-state index contributed by atoms with van der Waals surface area (Å²) in [5, 5.41) is 0. The fourth-order valence-corrected chi connectivity index (χ4v) is 0.965. The highest BCUT2D eigenvalue weighted by Crippen LogP contribution is 2.08. The van der Waals surface area contributed by atoms with Gasteiger partial charge in [-0.3, -0.25) is 0 Å². The average Bonchev–Trinajstić information content (AvgIpc) is 2.22. The van der Waals surface area contributed by atoms with Crippen LogP contribution in [0.4, 0.5) is 4.39 Å². The fourth-order valence-electron chi connectivity index (χ4n) is 0.686. The third-order valence-corrected chi connectivity index (χ3v) is 1.99. The summed E-state index contributed by atoms with van der Waals surface area (Å²) in [6, 6.07) is 0. The molecule has 0 amide bonds. The number of halogens is 2. The van der Waals surface area contributed by atoms with Crippen LogP contribution in [-0.2, 0) is 0 Å². The number of nitrogens with two attached hydrogens (primary N) is 1. The predicted octanol–water partition coefficient (Wildman–Crippen LogP) is 1.27. The highest BCUT2D eigenvalue weighted by molar-refractivity contribution is 14.1. The van der Waals surface area contributed by atoms with Gasteiger partial charge in [-0.15, -0.1) is 0 Å². The smallest absolute Gasteiger partial charge is 0.190 e. The molecule has 76 valence electrons. The van der Waals surface area contributed by atoms with Crippen LogP contribution in [0.15, 0.2) is 24.3 Å². The maximum absolute atomic E-state index is 12.1. The predicted molar refractivity (Wildman–Crippen MR) is 58.5 cm³/mol. The lowest BCUT2D eigenvalue weighted by atomic mass is 10.3. The van der Waals surface area contributed by atoms with E-state index in [0.717, 1.165) is 0 Å². The highest BCUT2D eigenvalue weighted by Gasteiger charge is 1.98. The summed E-state index contributed by atoms with van der Waals surface area (Å²) in [4.78, 5) is 7.83. The van der Waals surface area contributed by atoms with Crippen molar-refractivity contribution in [3.63, 3.8) is 0 Å². The van der Waals surface area contributed by atoms with E-state index in [0.29, 0.717) is 21.5 Å². The minimum Gasteiger partial charge on any atom is -0.486 e. The maximum Gasteiger partial charge on any atom is 0.190 e. The number of nitrogens with zero attached hydrogens (tertiary/aromatic N) is 2. The summed E-state index contributed by atoms with van der Waals surface area (Å²) >= 11 is 1.98. The molecule has 0 aliphatic heterocycles. The van der Waals surface area contributed by atoms with E-state index >= 15 is 0 Å². The first-order valence-electron chi connectivity index (χ1n) is 3.84. The van der Waals surface area contributed by atoms with Crippen molar-refractivity contribution in [2.45, 2.75) is 0 Å². The fraction of sp³-hybridized carbons (Fsp3) is 0.250. The van der Waals surface area contributed by atoms with Crippen LogP contribution in [0.3, 0.4) is 0 Å². The third kappa shape index (κ3) is 3.54. The Balaban J connectivity index is 2.49. The topological polar surface area (TPSA) is 61.0 Å². The summed E-state index contributed by atoms with van der Waals surface area (Å²) in [5.74, 6) is 0.498. The summed E-state index contributed by atoms with van der Waals surface area (Å²) in [7, 11) is 0. The van der Waals surface area contributed by atoms with Crippen LogP contribution >= 0.6 is 22.6 Å². The van der Waals surface area contributed by atoms with Gasteiger partial charge < -0.3 is 10.5 Å². The number of hydrogen-bond acceptors (Lipinski definition) is 4. The van der Waals surface area contributed by atoms with Gasteiger partial charge in [-0.25, -0.2) is 14.4 Å². The molecule has 1 heterocycles. The van der Waals surface area contributed by atoms with Crippen LogP contribution in [0.2, 0.25) is 0 Å². The minimum atomic E-state index is 0.122. The molecule has 0 radical (unpaired) electrons. The first-order chi connectivity index (χ1) is 6.76. The van der Waals surface area contributed by atoms with Gasteiger partial charge in [0.15, 0.2) is 9.58 Å². The Kier molecular flexibility index (Phi) is 4.74. The Morgan fingerprint density at radius 2 is 2.21 bits per heavy atom. The van der Waals surface area contributed by atoms with E-state index in [1.54, 1.807) is 0 Å². The monoisotopic (exact) mass is 309 g/mol. The molecule has 6 heteroatoms. The summed E-state index contributed by atoms with van der Waals surface area (Å²) in [5.41, 5.74) is 5.64. The van der Waals surface area contributed by atoms with Crippen LogP contribution in [0.1, 0.15) is 0 Å². The van der Waals surface area contributed by atoms with E-state index in [1.807, 2.05) is 22.6 Å². The molecule has 1 rings (SSSR count). The molecular formula is C8H9FIN3O. The molecular weight excluding hydrogens is 300 g/mol. The lowest BCUT2D eigenvalue weighted by molar-refractivity contribution is 0.344. The first kappa shape index (κ1) is 11.3. The molecule has 0 fully saturated rings. The summed E-state index contributed by atoms with van der Waals surface area (Å²) in [6.45, 7) is 0.263. The molecule has 0 unspecified atom stereocenters. The molecule has 0 spiro atoms. The molecule has 14 heavy (non-hydrogen) atoms. The number of rotatable bonds is 4. The molecule has 2 N–H and O–H groups in total.